The second kappa shape index (κ2) is 5.75. The number of hydrogen-bond donors (Lipinski definition) is 2. The van der Waals surface area contributed by atoms with E-state index < -0.39 is 12.1 Å². The molecule has 1 amide bonds. The van der Waals surface area contributed by atoms with Crippen molar-refractivity contribution in [3.63, 3.8) is 0 Å². The summed E-state index contributed by atoms with van der Waals surface area (Å²) >= 11 is 0. The number of nitrogens with one attached hydrogen (secondary N) is 1. The second-order valence-corrected chi connectivity index (χ2v) is 3.67. The van der Waals surface area contributed by atoms with E-state index in [9.17, 15) is 9.18 Å². The van der Waals surface area contributed by atoms with Crippen LogP contribution in [0.2, 0.25) is 0 Å². The Bertz CT molecular complexity index is 218. The standard InChI is InChI=1S/C10H17FN2O/c11-8-3-1-4-9(7-8)13-6-2-5-10(12)14/h2,5,8-9,13H,1,3-4,6-7H2,(H2,12,14)/t8-,9-/m0/s1. The third kappa shape index (κ3) is 4.37. The van der Waals surface area contributed by atoms with Gasteiger partial charge in [0, 0.05) is 12.6 Å². The summed E-state index contributed by atoms with van der Waals surface area (Å²) in [7, 11) is 0. The van der Waals surface area contributed by atoms with E-state index in [-0.39, 0.29) is 6.04 Å². The van der Waals surface area contributed by atoms with Gasteiger partial charge in [-0.1, -0.05) is 6.08 Å². The number of hydrogen-bond acceptors (Lipinski definition) is 2. The van der Waals surface area contributed by atoms with Crippen molar-refractivity contribution in [3.8, 4) is 0 Å². The lowest BCUT2D eigenvalue weighted by atomic mass is 9.94. The Kier molecular flexibility index (Phi) is 4.59. The van der Waals surface area contributed by atoms with Crippen molar-refractivity contribution in [2.45, 2.75) is 37.9 Å². The lowest BCUT2D eigenvalue weighted by molar-refractivity contribution is -0.113. The molecule has 3 nitrogen and oxygen atoms in total. The zero-order valence-corrected chi connectivity index (χ0v) is 8.21. The number of primary amides is 1. The molecule has 4 heteroatoms. The van der Waals surface area contributed by atoms with Gasteiger partial charge in [-0.3, -0.25) is 4.79 Å². The van der Waals surface area contributed by atoms with Crippen molar-refractivity contribution >= 4 is 5.91 Å². The van der Waals surface area contributed by atoms with Crippen molar-refractivity contribution in [2.24, 2.45) is 5.73 Å². The highest BCUT2D eigenvalue weighted by molar-refractivity contribution is 5.85. The molecule has 3 N–H and O–H groups in total. The molecule has 0 bridgehead atoms. The van der Waals surface area contributed by atoms with E-state index in [4.69, 9.17) is 5.73 Å². The molecule has 0 aliphatic heterocycles. The fraction of sp³-hybridized carbons (Fsp3) is 0.700. The van der Waals surface area contributed by atoms with Gasteiger partial charge in [-0.05, 0) is 31.8 Å². The number of nitrogens with two attached hydrogens (primary N) is 1. The van der Waals surface area contributed by atoms with Crippen LogP contribution in [-0.4, -0.2) is 24.7 Å². The molecular formula is C10H17FN2O. The van der Waals surface area contributed by atoms with Crippen molar-refractivity contribution in [3.05, 3.63) is 12.2 Å². The predicted octanol–water partition coefficient (Wildman–Crippen LogP) is 0.898. The van der Waals surface area contributed by atoms with Gasteiger partial charge in [0.1, 0.15) is 6.17 Å². The number of carbonyl (C=O) groups excluding carboxylic acids is 1. The first-order valence-electron chi connectivity index (χ1n) is 5.02. The molecule has 14 heavy (non-hydrogen) atoms. The number of alkyl halides is 1. The molecule has 0 spiro atoms. The molecule has 1 aliphatic carbocycles. The molecule has 1 fully saturated rings. The summed E-state index contributed by atoms with van der Waals surface area (Å²) in [6, 6.07) is 0.247. The maximum absolute atomic E-state index is 12.9. The number of halogens is 1. The van der Waals surface area contributed by atoms with Crippen molar-refractivity contribution in [1.82, 2.24) is 5.32 Å². The summed E-state index contributed by atoms with van der Waals surface area (Å²) in [4.78, 5) is 10.4. The first-order chi connectivity index (χ1) is 6.68. The lowest BCUT2D eigenvalue weighted by Crippen LogP contribution is -2.34. The van der Waals surface area contributed by atoms with Crippen LogP contribution < -0.4 is 11.1 Å². The van der Waals surface area contributed by atoms with E-state index in [2.05, 4.69) is 5.32 Å². The highest BCUT2D eigenvalue weighted by atomic mass is 19.1. The summed E-state index contributed by atoms with van der Waals surface area (Å²) in [5, 5.41) is 3.17. The zero-order chi connectivity index (χ0) is 10.4. The zero-order valence-electron chi connectivity index (χ0n) is 8.21. The molecule has 1 rings (SSSR count). The molecule has 0 aromatic heterocycles. The Morgan fingerprint density at radius 1 is 1.57 bits per heavy atom. The van der Waals surface area contributed by atoms with Gasteiger partial charge in [0.2, 0.25) is 5.91 Å². The highest BCUT2D eigenvalue weighted by Crippen LogP contribution is 2.20. The SMILES string of the molecule is NC(=O)C=CCN[C@H]1CCC[C@H](F)C1. The van der Waals surface area contributed by atoms with Crippen LogP contribution in [0, 0.1) is 0 Å². The summed E-state index contributed by atoms with van der Waals surface area (Å²) in [6.07, 6.45) is 5.57. The van der Waals surface area contributed by atoms with E-state index in [0.29, 0.717) is 19.4 Å². The Balaban J connectivity index is 2.14. The normalized spacial score (nSPS) is 28.1. The minimum atomic E-state index is -0.665. The molecule has 0 unspecified atom stereocenters. The van der Waals surface area contributed by atoms with Gasteiger partial charge in [-0.25, -0.2) is 4.39 Å². The minimum absolute atomic E-state index is 0.247. The van der Waals surface area contributed by atoms with Crippen LogP contribution in [-0.2, 0) is 4.79 Å². The van der Waals surface area contributed by atoms with Gasteiger partial charge in [0.25, 0.3) is 0 Å². The Hall–Kier alpha value is -0.900. The van der Waals surface area contributed by atoms with Crippen LogP contribution in [0.5, 0.6) is 0 Å². The molecule has 0 heterocycles. The van der Waals surface area contributed by atoms with Crippen molar-refractivity contribution < 1.29 is 9.18 Å². The highest BCUT2D eigenvalue weighted by Gasteiger charge is 2.20. The number of carbonyl (C=O) groups is 1. The Labute approximate surface area is 83.5 Å². The fourth-order valence-corrected chi connectivity index (χ4v) is 1.73. The molecular weight excluding hydrogens is 183 g/mol. The average molecular weight is 200 g/mol. The maximum atomic E-state index is 12.9. The quantitative estimate of drug-likeness (QED) is 0.662. The van der Waals surface area contributed by atoms with E-state index in [1.165, 1.54) is 6.08 Å². The van der Waals surface area contributed by atoms with E-state index in [1.54, 1.807) is 6.08 Å². The third-order valence-electron chi connectivity index (χ3n) is 2.42. The number of rotatable bonds is 4. The van der Waals surface area contributed by atoms with E-state index in [0.717, 1.165) is 12.8 Å². The molecule has 2 atom stereocenters. The summed E-state index contributed by atoms with van der Waals surface area (Å²) < 4.78 is 12.9. The summed E-state index contributed by atoms with van der Waals surface area (Å²) in [5.41, 5.74) is 4.92. The fourth-order valence-electron chi connectivity index (χ4n) is 1.73. The van der Waals surface area contributed by atoms with Crippen LogP contribution in [0.25, 0.3) is 0 Å². The van der Waals surface area contributed by atoms with Crippen molar-refractivity contribution in [2.75, 3.05) is 6.54 Å². The Morgan fingerprint density at radius 2 is 2.36 bits per heavy atom. The molecule has 0 aromatic carbocycles. The summed E-state index contributed by atoms with van der Waals surface area (Å²) in [6.45, 7) is 0.584. The molecule has 0 radical (unpaired) electrons. The first kappa shape index (κ1) is 11.2. The van der Waals surface area contributed by atoms with Gasteiger partial charge >= 0.3 is 0 Å². The van der Waals surface area contributed by atoms with Crippen LogP contribution in [0.15, 0.2) is 12.2 Å². The smallest absolute Gasteiger partial charge is 0.241 e. The minimum Gasteiger partial charge on any atom is -0.366 e. The number of amides is 1. The van der Waals surface area contributed by atoms with Crippen LogP contribution in [0.3, 0.4) is 0 Å². The maximum Gasteiger partial charge on any atom is 0.241 e. The van der Waals surface area contributed by atoms with Gasteiger partial charge in [-0.15, -0.1) is 0 Å². The van der Waals surface area contributed by atoms with E-state index in [1.807, 2.05) is 0 Å². The van der Waals surface area contributed by atoms with Gasteiger partial charge in [0.15, 0.2) is 0 Å². The lowest BCUT2D eigenvalue weighted by Gasteiger charge is -2.24. The van der Waals surface area contributed by atoms with Gasteiger partial charge < -0.3 is 11.1 Å². The average Bonchev–Trinajstić information content (AvgIpc) is 2.12. The molecule has 1 saturated carbocycles. The Morgan fingerprint density at radius 3 is 3.00 bits per heavy atom. The molecule has 80 valence electrons. The molecule has 1 aliphatic rings. The van der Waals surface area contributed by atoms with Gasteiger partial charge in [0.05, 0.1) is 0 Å². The van der Waals surface area contributed by atoms with Crippen molar-refractivity contribution in [1.29, 1.82) is 0 Å². The topological polar surface area (TPSA) is 55.1 Å². The molecule has 0 saturated heterocycles. The third-order valence-corrected chi connectivity index (χ3v) is 2.42. The largest absolute Gasteiger partial charge is 0.366 e. The monoisotopic (exact) mass is 200 g/mol. The predicted molar refractivity (Wildman–Crippen MR) is 53.5 cm³/mol. The van der Waals surface area contributed by atoms with E-state index >= 15 is 0 Å². The van der Waals surface area contributed by atoms with Crippen LogP contribution in [0.4, 0.5) is 4.39 Å². The second-order valence-electron chi connectivity index (χ2n) is 3.67. The first-order valence-corrected chi connectivity index (χ1v) is 5.02. The van der Waals surface area contributed by atoms with Crippen LogP contribution >= 0.6 is 0 Å². The van der Waals surface area contributed by atoms with Gasteiger partial charge in [-0.2, -0.15) is 0 Å². The van der Waals surface area contributed by atoms with Crippen LogP contribution in [0.1, 0.15) is 25.7 Å². The summed E-state index contributed by atoms with van der Waals surface area (Å²) in [5.74, 6) is -0.446. The molecule has 0 aromatic rings.